The van der Waals surface area contributed by atoms with Crippen LogP contribution in [0.25, 0.3) is 0 Å². The third-order valence-corrected chi connectivity index (χ3v) is 6.53. The van der Waals surface area contributed by atoms with Gasteiger partial charge in [0.2, 0.25) is 0 Å². The largest absolute Gasteiger partial charge is 1.00 e. The minimum Gasteiger partial charge on any atom is -0.748 e. The summed E-state index contributed by atoms with van der Waals surface area (Å²) in [7, 11) is -4.49. The summed E-state index contributed by atoms with van der Waals surface area (Å²) in [4.78, 5) is 0. The molecule has 0 saturated heterocycles. The van der Waals surface area contributed by atoms with E-state index >= 15 is 0 Å². The number of aliphatic hydroxyl groups excluding tert-OH is 1. The number of hydrogen-bond acceptors (Lipinski definition) is 6. The second kappa shape index (κ2) is 13.7. The maximum atomic E-state index is 11.7. The van der Waals surface area contributed by atoms with Gasteiger partial charge in [-0.05, 0) is 60.2 Å². The topological polar surface area (TPSA) is 107 Å². The minimum absolute atomic E-state index is 0. The number of allylic oxidation sites excluding steroid dienone is 1. The van der Waals surface area contributed by atoms with Crippen molar-refractivity contribution >= 4 is 10.1 Å². The Morgan fingerprint density at radius 2 is 1.56 bits per heavy atom. The van der Waals surface area contributed by atoms with Crippen LogP contribution in [0.4, 0.5) is 0 Å². The molecule has 0 aliphatic carbocycles. The standard InChI is InChI=1S/C26H28O6S.Na/c27-23-14-12-22(13-15-23)26(28)8-4-7-25(33(29,30)31)18-11-20-9-16-24(17-10-20)32-19-21-5-2-1-3-6-21;/h1-6,8-10,12-17,25-28H,7,11,18-19H2,(H,29,30,31);/q;+1/p-1/b8-4+;/t25-,26+;/m0./s1. The molecule has 0 amide bonds. The van der Waals surface area contributed by atoms with E-state index in [4.69, 9.17) is 4.74 Å². The summed E-state index contributed by atoms with van der Waals surface area (Å²) in [6, 6.07) is 23.2. The predicted molar refractivity (Wildman–Crippen MR) is 126 cm³/mol. The third kappa shape index (κ3) is 9.25. The monoisotopic (exact) mass is 490 g/mol. The Kier molecular flexibility index (Phi) is 11.3. The van der Waals surface area contributed by atoms with Gasteiger partial charge >= 0.3 is 29.6 Å². The Bertz CT molecular complexity index is 1130. The fraction of sp³-hybridized carbons (Fsp3) is 0.231. The van der Waals surface area contributed by atoms with Crippen LogP contribution in [0.2, 0.25) is 0 Å². The predicted octanol–water partition coefficient (Wildman–Crippen LogP) is 1.50. The van der Waals surface area contributed by atoms with E-state index in [0.717, 1.165) is 11.1 Å². The number of ether oxygens (including phenoxy) is 1. The molecule has 0 heterocycles. The van der Waals surface area contributed by atoms with E-state index < -0.39 is 21.5 Å². The van der Waals surface area contributed by atoms with Gasteiger partial charge in [0.25, 0.3) is 0 Å². The Labute approximate surface area is 223 Å². The van der Waals surface area contributed by atoms with Crippen LogP contribution in [-0.2, 0) is 23.1 Å². The van der Waals surface area contributed by atoms with Crippen molar-refractivity contribution in [1.82, 2.24) is 0 Å². The van der Waals surface area contributed by atoms with Crippen LogP contribution in [0.3, 0.4) is 0 Å². The number of phenolic OH excluding ortho intramolecular Hbond substituents is 1. The number of phenols is 1. The Balaban J connectivity index is 0.00000408. The number of hydrogen-bond donors (Lipinski definition) is 2. The second-order valence-corrected chi connectivity index (χ2v) is 9.42. The maximum Gasteiger partial charge on any atom is 1.00 e. The molecule has 8 heteroatoms. The van der Waals surface area contributed by atoms with Crippen LogP contribution in [0.5, 0.6) is 11.5 Å². The SMILES string of the molecule is O=S(=O)([O-])[C@@H](C/C=C/[C@@H](O)c1ccc(O)cc1)CCc1ccc(OCc2ccccc2)cc1.[Na+]. The van der Waals surface area contributed by atoms with Crippen molar-refractivity contribution in [1.29, 1.82) is 0 Å². The summed E-state index contributed by atoms with van der Waals surface area (Å²) in [5.74, 6) is 0.796. The molecule has 0 aromatic heterocycles. The van der Waals surface area contributed by atoms with E-state index in [2.05, 4.69) is 0 Å². The molecule has 34 heavy (non-hydrogen) atoms. The number of aryl methyl sites for hydroxylation is 1. The van der Waals surface area contributed by atoms with Gasteiger partial charge in [0.05, 0.1) is 21.5 Å². The minimum atomic E-state index is -4.49. The summed E-state index contributed by atoms with van der Waals surface area (Å²) in [5, 5.41) is 18.4. The first-order valence-corrected chi connectivity index (χ1v) is 12.1. The zero-order valence-electron chi connectivity index (χ0n) is 19.1. The molecule has 0 spiro atoms. The third-order valence-electron chi connectivity index (χ3n) is 5.29. The molecule has 0 aliphatic heterocycles. The van der Waals surface area contributed by atoms with Gasteiger partial charge in [-0.3, -0.25) is 0 Å². The molecule has 2 atom stereocenters. The summed E-state index contributed by atoms with van der Waals surface area (Å²) >= 11 is 0. The molecule has 0 radical (unpaired) electrons. The molecular weight excluding hydrogens is 463 g/mol. The molecule has 6 nitrogen and oxygen atoms in total. The molecule has 0 saturated carbocycles. The first-order valence-electron chi connectivity index (χ1n) is 10.7. The van der Waals surface area contributed by atoms with Crippen LogP contribution in [0.15, 0.2) is 91.0 Å². The molecule has 0 unspecified atom stereocenters. The number of rotatable bonds is 11. The molecular formula is C26H27NaO6S. The smallest absolute Gasteiger partial charge is 0.748 e. The van der Waals surface area contributed by atoms with Crippen molar-refractivity contribution in [3.63, 3.8) is 0 Å². The van der Waals surface area contributed by atoms with Gasteiger partial charge in [0.1, 0.15) is 18.1 Å². The van der Waals surface area contributed by atoms with Gasteiger partial charge in [-0.15, -0.1) is 0 Å². The van der Waals surface area contributed by atoms with Gasteiger partial charge in [0.15, 0.2) is 0 Å². The van der Waals surface area contributed by atoms with E-state index in [1.54, 1.807) is 12.1 Å². The quantitative estimate of drug-likeness (QED) is 0.240. The molecule has 3 rings (SSSR count). The number of benzene rings is 3. The van der Waals surface area contributed by atoms with Crippen molar-refractivity contribution in [2.45, 2.75) is 37.2 Å². The van der Waals surface area contributed by atoms with E-state index in [9.17, 15) is 23.2 Å². The zero-order valence-corrected chi connectivity index (χ0v) is 21.9. The van der Waals surface area contributed by atoms with Gasteiger partial charge in [-0.1, -0.05) is 66.7 Å². The zero-order chi connectivity index (χ0) is 23.7. The van der Waals surface area contributed by atoms with Crippen LogP contribution >= 0.6 is 0 Å². The molecule has 2 N–H and O–H groups in total. The molecule has 3 aromatic carbocycles. The Hall–Kier alpha value is -2.13. The number of aromatic hydroxyl groups is 1. The number of aliphatic hydroxyl groups is 1. The molecule has 174 valence electrons. The van der Waals surface area contributed by atoms with E-state index in [-0.39, 0.29) is 48.1 Å². The van der Waals surface area contributed by atoms with Crippen molar-refractivity contribution < 1.29 is 57.5 Å². The molecule has 0 aliphatic rings. The van der Waals surface area contributed by atoms with Gasteiger partial charge in [-0.2, -0.15) is 0 Å². The Morgan fingerprint density at radius 3 is 2.18 bits per heavy atom. The summed E-state index contributed by atoms with van der Waals surface area (Å²) < 4.78 is 40.9. The normalized spacial score (nSPS) is 13.2. The van der Waals surface area contributed by atoms with Gasteiger partial charge in [0, 0.05) is 0 Å². The van der Waals surface area contributed by atoms with Crippen molar-refractivity contribution in [2.75, 3.05) is 0 Å². The second-order valence-electron chi connectivity index (χ2n) is 7.77. The average Bonchev–Trinajstić information content (AvgIpc) is 2.81. The maximum absolute atomic E-state index is 11.7. The van der Waals surface area contributed by atoms with E-state index in [0.29, 0.717) is 24.3 Å². The Morgan fingerprint density at radius 1 is 0.912 bits per heavy atom. The van der Waals surface area contributed by atoms with Gasteiger partial charge < -0.3 is 19.5 Å². The molecule has 3 aromatic rings. The molecule has 0 bridgehead atoms. The van der Waals surface area contributed by atoms with E-state index in [1.807, 2.05) is 54.6 Å². The first kappa shape index (κ1) is 28.1. The van der Waals surface area contributed by atoms with Crippen LogP contribution < -0.4 is 34.3 Å². The van der Waals surface area contributed by atoms with Crippen LogP contribution in [0, 0.1) is 0 Å². The fourth-order valence-corrected chi connectivity index (χ4v) is 4.10. The fourth-order valence-electron chi connectivity index (χ4n) is 3.34. The van der Waals surface area contributed by atoms with Crippen molar-refractivity contribution in [3.8, 4) is 11.5 Å². The van der Waals surface area contributed by atoms with Gasteiger partial charge in [-0.25, -0.2) is 8.42 Å². The van der Waals surface area contributed by atoms with Crippen LogP contribution in [-0.4, -0.2) is 28.4 Å². The van der Waals surface area contributed by atoms with Crippen molar-refractivity contribution in [3.05, 3.63) is 108 Å². The summed E-state index contributed by atoms with van der Waals surface area (Å²) in [5.41, 5.74) is 2.53. The van der Waals surface area contributed by atoms with Crippen molar-refractivity contribution in [2.24, 2.45) is 0 Å². The van der Waals surface area contributed by atoms with Crippen LogP contribution in [0.1, 0.15) is 35.6 Å². The van der Waals surface area contributed by atoms with E-state index in [1.165, 1.54) is 24.3 Å². The first-order chi connectivity index (χ1) is 15.8. The average molecular weight is 491 g/mol. The summed E-state index contributed by atoms with van der Waals surface area (Å²) in [6.07, 6.45) is 2.62. The summed E-state index contributed by atoms with van der Waals surface area (Å²) in [6.45, 7) is 0.457. The molecule has 0 fully saturated rings.